The summed E-state index contributed by atoms with van der Waals surface area (Å²) in [5.41, 5.74) is 0.998. The largest absolute Gasteiger partial charge is 0.461 e. The molecule has 18 heavy (non-hydrogen) atoms. The van der Waals surface area contributed by atoms with Crippen LogP contribution in [0.5, 0.6) is 0 Å². The summed E-state index contributed by atoms with van der Waals surface area (Å²) in [7, 11) is 0. The van der Waals surface area contributed by atoms with E-state index >= 15 is 0 Å². The standard InChI is InChI=1S/C12H9Cl2NO2S/c1-2-17-12(16)10-6-18-11(15-10)8-5-7(13)3-4-9(8)14/h3-6H,2H2,1H3. The van der Waals surface area contributed by atoms with Crippen molar-refractivity contribution in [3.05, 3.63) is 39.3 Å². The van der Waals surface area contributed by atoms with Crippen molar-refractivity contribution in [1.82, 2.24) is 4.98 Å². The Kier molecular flexibility index (Phi) is 4.22. The second-order valence-electron chi connectivity index (χ2n) is 3.38. The molecule has 3 nitrogen and oxygen atoms in total. The highest BCUT2D eigenvalue weighted by atomic mass is 35.5. The van der Waals surface area contributed by atoms with E-state index in [9.17, 15) is 4.79 Å². The smallest absolute Gasteiger partial charge is 0.357 e. The molecule has 0 unspecified atom stereocenters. The Hall–Kier alpha value is -1.10. The second-order valence-corrected chi connectivity index (χ2v) is 5.08. The molecule has 0 atom stereocenters. The minimum atomic E-state index is -0.432. The van der Waals surface area contributed by atoms with Gasteiger partial charge >= 0.3 is 5.97 Å². The third-order valence-corrected chi connectivity index (χ3v) is 3.59. The number of carbonyl (C=O) groups is 1. The maximum Gasteiger partial charge on any atom is 0.357 e. The number of nitrogens with zero attached hydrogens (tertiary/aromatic N) is 1. The Morgan fingerprint density at radius 1 is 1.44 bits per heavy atom. The lowest BCUT2D eigenvalue weighted by Gasteiger charge is -2.00. The molecule has 0 saturated heterocycles. The topological polar surface area (TPSA) is 39.2 Å². The second kappa shape index (κ2) is 5.69. The normalized spacial score (nSPS) is 10.4. The molecule has 1 aromatic carbocycles. The van der Waals surface area contributed by atoms with E-state index in [1.807, 2.05) is 0 Å². The Labute approximate surface area is 118 Å². The molecule has 0 fully saturated rings. The predicted octanol–water partition coefficient (Wildman–Crippen LogP) is 4.29. The monoisotopic (exact) mass is 301 g/mol. The van der Waals surface area contributed by atoms with Crippen molar-refractivity contribution in [2.24, 2.45) is 0 Å². The fourth-order valence-corrected chi connectivity index (χ4v) is 2.61. The molecule has 94 valence electrons. The van der Waals surface area contributed by atoms with E-state index in [-0.39, 0.29) is 5.69 Å². The maximum atomic E-state index is 11.5. The van der Waals surface area contributed by atoms with E-state index < -0.39 is 5.97 Å². The zero-order valence-electron chi connectivity index (χ0n) is 9.44. The summed E-state index contributed by atoms with van der Waals surface area (Å²) in [6.45, 7) is 2.07. The average molecular weight is 302 g/mol. The number of ether oxygens (including phenoxy) is 1. The van der Waals surface area contributed by atoms with Crippen LogP contribution in [-0.4, -0.2) is 17.6 Å². The van der Waals surface area contributed by atoms with E-state index in [1.165, 1.54) is 11.3 Å². The van der Waals surface area contributed by atoms with Gasteiger partial charge in [-0.2, -0.15) is 0 Å². The fourth-order valence-electron chi connectivity index (χ4n) is 1.36. The summed E-state index contributed by atoms with van der Waals surface area (Å²) >= 11 is 13.3. The van der Waals surface area contributed by atoms with Crippen LogP contribution in [0.15, 0.2) is 23.6 Å². The summed E-state index contributed by atoms with van der Waals surface area (Å²) in [5.74, 6) is -0.432. The molecule has 0 bridgehead atoms. The average Bonchev–Trinajstić information content (AvgIpc) is 2.82. The van der Waals surface area contributed by atoms with Crippen LogP contribution >= 0.6 is 34.5 Å². The van der Waals surface area contributed by atoms with E-state index in [2.05, 4.69) is 4.98 Å². The maximum absolute atomic E-state index is 11.5. The molecular formula is C12H9Cl2NO2S. The molecule has 0 radical (unpaired) electrons. The van der Waals surface area contributed by atoms with E-state index in [4.69, 9.17) is 27.9 Å². The van der Waals surface area contributed by atoms with Crippen molar-refractivity contribution in [2.75, 3.05) is 6.61 Å². The molecule has 0 saturated carbocycles. The van der Waals surface area contributed by atoms with Crippen molar-refractivity contribution in [3.8, 4) is 10.6 Å². The first kappa shape index (κ1) is 13.3. The summed E-state index contributed by atoms with van der Waals surface area (Å²) < 4.78 is 4.88. The van der Waals surface area contributed by atoms with Gasteiger partial charge in [0.1, 0.15) is 5.01 Å². The molecule has 2 aromatic rings. The van der Waals surface area contributed by atoms with Crippen LogP contribution in [0.3, 0.4) is 0 Å². The Morgan fingerprint density at radius 2 is 2.22 bits per heavy atom. The number of thiazole rings is 1. The molecule has 1 heterocycles. The van der Waals surface area contributed by atoms with Gasteiger partial charge in [-0.25, -0.2) is 9.78 Å². The van der Waals surface area contributed by atoms with Gasteiger partial charge in [-0.15, -0.1) is 11.3 Å². The fraction of sp³-hybridized carbons (Fsp3) is 0.167. The van der Waals surface area contributed by atoms with E-state index in [1.54, 1.807) is 30.5 Å². The Balaban J connectivity index is 2.35. The first-order chi connectivity index (χ1) is 8.61. The van der Waals surface area contributed by atoms with Gasteiger partial charge < -0.3 is 4.74 Å². The van der Waals surface area contributed by atoms with Crippen LogP contribution < -0.4 is 0 Å². The third kappa shape index (κ3) is 2.83. The highest BCUT2D eigenvalue weighted by molar-refractivity contribution is 7.13. The number of aromatic nitrogens is 1. The third-order valence-electron chi connectivity index (χ3n) is 2.15. The summed E-state index contributed by atoms with van der Waals surface area (Å²) in [5, 5.41) is 3.40. The summed E-state index contributed by atoms with van der Waals surface area (Å²) in [6.07, 6.45) is 0. The molecule has 0 N–H and O–H groups in total. The lowest BCUT2D eigenvalue weighted by molar-refractivity contribution is 0.0520. The number of hydrogen-bond donors (Lipinski definition) is 0. The molecule has 6 heteroatoms. The van der Waals surface area contributed by atoms with Gasteiger partial charge in [0.15, 0.2) is 5.69 Å². The van der Waals surface area contributed by atoms with Gasteiger partial charge in [-0.1, -0.05) is 23.2 Å². The molecule has 0 spiro atoms. The van der Waals surface area contributed by atoms with Crippen LogP contribution in [0.4, 0.5) is 0 Å². The molecule has 0 aliphatic heterocycles. The molecule has 0 amide bonds. The van der Waals surface area contributed by atoms with Crippen molar-refractivity contribution in [1.29, 1.82) is 0 Å². The highest BCUT2D eigenvalue weighted by Crippen LogP contribution is 2.32. The van der Waals surface area contributed by atoms with E-state index in [0.717, 1.165) is 0 Å². The van der Waals surface area contributed by atoms with Crippen molar-refractivity contribution < 1.29 is 9.53 Å². The molecule has 0 aliphatic rings. The minimum absolute atomic E-state index is 0.285. The molecule has 0 aliphatic carbocycles. The SMILES string of the molecule is CCOC(=O)c1csc(-c2cc(Cl)ccc2Cl)n1. The minimum Gasteiger partial charge on any atom is -0.461 e. The number of carbonyl (C=O) groups excluding carboxylic acids is 1. The number of esters is 1. The number of halogens is 2. The first-order valence-corrected chi connectivity index (χ1v) is 6.83. The van der Waals surface area contributed by atoms with Crippen LogP contribution in [0, 0.1) is 0 Å². The van der Waals surface area contributed by atoms with Gasteiger partial charge in [0.25, 0.3) is 0 Å². The lowest BCUT2D eigenvalue weighted by atomic mass is 10.2. The number of hydrogen-bond acceptors (Lipinski definition) is 4. The van der Waals surface area contributed by atoms with Crippen LogP contribution in [-0.2, 0) is 4.74 Å². The predicted molar refractivity (Wildman–Crippen MR) is 73.5 cm³/mol. The number of rotatable bonds is 3. The summed E-state index contributed by atoms with van der Waals surface area (Å²) in [6, 6.07) is 5.12. The van der Waals surface area contributed by atoms with Gasteiger partial charge in [0.05, 0.1) is 11.6 Å². The quantitative estimate of drug-likeness (QED) is 0.794. The zero-order valence-corrected chi connectivity index (χ0v) is 11.8. The van der Waals surface area contributed by atoms with Crippen molar-refractivity contribution in [2.45, 2.75) is 6.92 Å². The van der Waals surface area contributed by atoms with Crippen molar-refractivity contribution >= 4 is 40.5 Å². The van der Waals surface area contributed by atoms with Crippen LogP contribution in [0.1, 0.15) is 17.4 Å². The van der Waals surface area contributed by atoms with Gasteiger partial charge in [-0.3, -0.25) is 0 Å². The Morgan fingerprint density at radius 3 is 2.94 bits per heavy atom. The van der Waals surface area contributed by atoms with Crippen LogP contribution in [0.2, 0.25) is 10.0 Å². The van der Waals surface area contributed by atoms with Gasteiger partial charge in [0.2, 0.25) is 0 Å². The Bertz CT molecular complexity index is 583. The van der Waals surface area contributed by atoms with Gasteiger partial charge in [-0.05, 0) is 25.1 Å². The van der Waals surface area contributed by atoms with E-state index in [0.29, 0.717) is 27.2 Å². The molecule has 2 rings (SSSR count). The first-order valence-electron chi connectivity index (χ1n) is 5.20. The molecular weight excluding hydrogens is 293 g/mol. The highest BCUT2D eigenvalue weighted by Gasteiger charge is 2.14. The zero-order chi connectivity index (χ0) is 13.1. The summed E-state index contributed by atoms with van der Waals surface area (Å²) in [4.78, 5) is 15.7. The number of benzene rings is 1. The van der Waals surface area contributed by atoms with Crippen molar-refractivity contribution in [3.63, 3.8) is 0 Å². The lowest BCUT2D eigenvalue weighted by Crippen LogP contribution is -2.04. The van der Waals surface area contributed by atoms with Crippen LogP contribution in [0.25, 0.3) is 10.6 Å². The molecule has 1 aromatic heterocycles. The van der Waals surface area contributed by atoms with Gasteiger partial charge in [0, 0.05) is 16.0 Å².